The van der Waals surface area contributed by atoms with Crippen LogP contribution in [0, 0.1) is 0 Å². The fourth-order valence-corrected chi connectivity index (χ4v) is 4.56. The Morgan fingerprint density at radius 2 is 1.97 bits per heavy atom. The minimum Gasteiger partial charge on any atom is -0.355 e. The lowest BCUT2D eigenvalue weighted by atomic mass is 10.1. The number of imidazole rings is 1. The molecule has 0 aliphatic rings. The van der Waals surface area contributed by atoms with E-state index < -0.39 is 10.0 Å². The molecule has 0 unspecified atom stereocenters. The molecule has 0 saturated heterocycles. The number of carbonyl (C=O) groups excluding carboxylic acids is 1. The number of sulfonamides is 1. The summed E-state index contributed by atoms with van der Waals surface area (Å²) in [7, 11) is -3.70. The first-order valence-electron chi connectivity index (χ1n) is 9.45. The lowest BCUT2D eigenvalue weighted by molar-refractivity contribution is -0.118. The van der Waals surface area contributed by atoms with Gasteiger partial charge in [0.2, 0.25) is 15.9 Å². The molecule has 7 nitrogen and oxygen atoms in total. The largest absolute Gasteiger partial charge is 0.355 e. The fraction of sp³-hybridized carbons (Fsp3) is 0.300. The third-order valence-corrected chi connectivity index (χ3v) is 6.58. The van der Waals surface area contributed by atoms with E-state index in [1.54, 1.807) is 12.1 Å². The third kappa shape index (κ3) is 5.75. The summed E-state index contributed by atoms with van der Waals surface area (Å²) in [6, 6.07) is 11.9. The number of fused-ring (bicyclic) bond motifs is 1. The predicted molar refractivity (Wildman–Crippen MR) is 120 cm³/mol. The molecule has 2 aromatic carbocycles. The first kappa shape index (κ1) is 22.6. The standard InChI is InChI=1S/C20H23ClN4O3S2/c1-2-11-25-18-8-5-15(21)12-17(18)24-20(25)29-13-19(26)23-10-9-14-3-6-16(7-4-14)30(22,27)28/h3-8,12H,2,9-11,13H2,1H3,(H,23,26)(H2,22,27,28). The summed E-state index contributed by atoms with van der Waals surface area (Å²) >= 11 is 7.46. The lowest BCUT2D eigenvalue weighted by Crippen LogP contribution is -2.27. The number of aryl methyl sites for hydroxylation is 1. The molecule has 0 bridgehead atoms. The molecule has 30 heavy (non-hydrogen) atoms. The molecule has 3 rings (SSSR count). The Morgan fingerprint density at radius 3 is 2.63 bits per heavy atom. The number of hydrogen-bond acceptors (Lipinski definition) is 5. The summed E-state index contributed by atoms with van der Waals surface area (Å²) in [6.45, 7) is 3.37. The number of halogens is 1. The van der Waals surface area contributed by atoms with Gasteiger partial charge < -0.3 is 9.88 Å². The smallest absolute Gasteiger partial charge is 0.238 e. The fourth-order valence-electron chi connectivity index (χ4n) is 3.00. The van der Waals surface area contributed by atoms with Gasteiger partial charge in [-0.15, -0.1) is 0 Å². The topological polar surface area (TPSA) is 107 Å². The van der Waals surface area contributed by atoms with Gasteiger partial charge >= 0.3 is 0 Å². The highest BCUT2D eigenvalue weighted by atomic mass is 35.5. The molecule has 160 valence electrons. The van der Waals surface area contributed by atoms with Gasteiger partial charge in [0, 0.05) is 18.1 Å². The predicted octanol–water partition coefficient (Wildman–Crippen LogP) is 3.20. The summed E-state index contributed by atoms with van der Waals surface area (Å²) in [5.41, 5.74) is 2.74. The van der Waals surface area contributed by atoms with Crippen LogP contribution in [-0.2, 0) is 27.8 Å². The van der Waals surface area contributed by atoms with Crippen molar-refractivity contribution in [1.82, 2.24) is 14.9 Å². The van der Waals surface area contributed by atoms with E-state index in [-0.39, 0.29) is 16.6 Å². The van der Waals surface area contributed by atoms with Crippen molar-refractivity contribution >= 4 is 50.3 Å². The van der Waals surface area contributed by atoms with Crippen LogP contribution in [0.1, 0.15) is 18.9 Å². The number of nitrogens with zero attached hydrogens (tertiary/aromatic N) is 2. The molecule has 3 N–H and O–H groups in total. The Balaban J connectivity index is 1.54. The van der Waals surface area contributed by atoms with Gasteiger partial charge in [0.1, 0.15) is 0 Å². The number of hydrogen-bond donors (Lipinski definition) is 2. The van der Waals surface area contributed by atoms with E-state index in [0.717, 1.165) is 34.7 Å². The zero-order chi connectivity index (χ0) is 21.7. The monoisotopic (exact) mass is 466 g/mol. The molecular formula is C20H23ClN4O3S2. The number of rotatable bonds is 9. The van der Waals surface area contributed by atoms with Crippen molar-refractivity contribution in [2.75, 3.05) is 12.3 Å². The van der Waals surface area contributed by atoms with Crippen LogP contribution in [0.4, 0.5) is 0 Å². The molecule has 0 fully saturated rings. The van der Waals surface area contributed by atoms with Crippen LogP contribution in [0.3, 0.4) is 0 Å². The van der Waals surface area contributed by atoms with E-state index in [1.807, 2.05) is 18.2 Å². The maximum atomic E-state index is 12.2. The van der Waals surface area contributed by atoms with Crippen molar-refractivity contribution < 1.29 is 13.2 Å². The van der Waals surface area contributed by atoms with Crippen molar-refractivity contribution in [1.29, 1.82) is 0 Å². The van der Waals surface area contributed by atoms with Gasteiger partial charge in [-0.1, -0.05) is 42.4 Å². The van der Waals surface area contributed by atoms with E-state index >= 15 is 0 Å². The molecule has 0 aliphatic carbocycles. The molecule has 3 aromatic rings. The number of nitrogens with two attached hydrogens (primary N) is 1. The number of nitrogens with one attached hydrogen (secondary N) is 1. The maximum Gasteiger partial charge on any atom is 0.238 e. The Bertz CT molecular complexity index is 1140. The highest BCUT2D eigenvalue weighted by Crippen LogP contribution is 2.26. The lowest BCUT2D eigenvalue weighted by Gasteiger charge is -2.08. The SMILES string of the molecule is CCCn1c(SCC(=O)NCCc2ccc(S(N)(=O)=O)cc2)nc2cc(Cl)ccc21. The number of amides is 1. The summed E-state index contributed by atoms with van der Waals surface area (Å²) < 4.78 is 24.7. The van der Waals surface area contributed by atoms with Crippen molar-refractivity contribution in [3.63, 3.8) is 0 Å². The zero-order valence-electron chi connectivity index (χ0n) is 16.5. The van der Waals surface area contributed by atoms with E-state index in [1.165, 1.54) is 23.9 Å². The molecule has 1 heterocycles. The van der Waals surface area contributed by atoms with Crippen molar-refractivity contribution in [3.05, 3.63) is 53.1 Å². The Labute approximate surface area is 185 Å². The third-order valence-electron chi connectivity index (χ3n) is 4.44. The van der Waals surface area contributed by atoms with Gasteiger partial charge in [-0.25, -0.2) is 18.5 Å². The number of benzene rings is 2. The number of carbonyl (C=O) groups is 1. The average molecular weight is 467 g/mol. The number of primary sulfonamides is 1. The zero-order valence-corrected chi connectivity index (χ0v) is 18.9. The molecule has 0 atom stereocenters. The van der Waals surface area contributed by atoms with E-state index in [4.69, 9.17) is 16.7 Å². The van der Waals surface area contributed by atoms with Gasteiger partial charge in [-0.3, -0.25) is 4.79 Å². The second-order valence-electron chi connectivity index (χ2n) is 6.76. The average Bonchev–Trinajstić information content (AvgIpc) is 3.03. The van der Waals surface area contributed by atoms with Gasteiger partial charge in [0.05, 0.1) is 21.7 Å². The van der Waals surface area contributed by atoms with Crippen LogP contribution in [0.15, 0.2) is 52.5 Å². The number of aromatic nitrogens is 2. The second kappa shape index (κ2) is 9.82. The van der Waals surface area contributed by atoms with Gasteiger partial charge in [-0.05, 0) is 48.7 Å². The minimum atomic E-state index is -3.70. The normalized spacial score (nSPS) is 11.7. The van der Waals surface area contributed by atoms with Crippen LogP contribution in [0.25, 0.3) is 11.0 Å². The van der Waals surface area contributed by atoms with Gasteiger partial charge in [0.15, 0.2) is 5.16 Å². The molecular weight excluding hydrogens is 444 g/mol. The van der Waals surface area contributed by atoms with Crippen molar-refractivity contribution in [2.45, 2.75) is 36.4 Å². The van der Waals surface area contributed by atoms with Crippen molar-refractivity contribution in [3.8, 4) is 0 Å². The molecule has 1 amide bonds. The van der Waals surface area contributed by atoms with Crippen molar-refractivity contribution in [2.24, 2.45) is 5.14 Å². The first-order chi connectivity index (χ1) is 14.3. The van der Waals surface area contributed by atoms with E-state index in [0.29, 0.717) is 18.0 Å². The Hall–Kier alpha value is -2.07. The maximum absolute atomic E-state index is 12.2. The minimum absolute atomic E-state index is 0.0722. The summed E-state index contributed by atoms with van der Waals surface area (Å²) in [6.07, 6.45) is 1.55. The van der Waals surface area contributed by atoms with Crippen LogP contribution in [0.5, 0.6) is 0 Å². The highest BCUT2D eigenvalue weighted by molar-refractivity contribution is 7.99. The molecule has 0 radical (unpaired) electrons. The van der Waals surface area contributed by atoms with Crippen LogP contribution in [0.2, 0.25) is 5.02 Å². The first-order valence-corrected chi connectivity index (χ1v) is 12.4. The number of thioether (sulfide) groups is 1. The summed E-state index contributed by atoms with van der Waals surface area (Å²) in [5, 5.41) is 9.40. The Morgan fingerprint density at radius 1 is 1.23 bits per heavy atom. The van der Waals surface area contributed by atoms with Crippen LogP contribution in [-0.4, -0.2) is 36.2 Å². The molecule has 10 heteroatoms. The van der Waals surface area contributed by atoms with E-state index in [2.05, 4.69) is 21.8 Å². The highest BCUT2D eigenvalue weighted by Gasteiger charge is 2.13. The molecule has 1 aromatic heterocycles. The second-order valence-corrected chi connectivity index (χ2v) is 9.70. The van der Waals surface area contributed by atoms with Gasteiger partial charge in [-0.2, -0.15) is 0 Å². The van der Waals surface area contributed by atoms with E-state index in [9.17, 15) is 13.2 Å². The quantitative estimate of drug-likeness (QED) is 0.471. The Kier molecular flexibility index (Phi) is 7.41. The molecule has 0 aliphatic heterocycles. The summed E-state index contributed by atoms with van der Waals surface area (Å²) in [4.78, 5) is 16.9. The van der Waals surface area contributed by atoms with Gasteiger partial charge in [0.25, 0.3) is 0 Å². The van der Waals surface area contributed by atoms with Crippen LogP contribution < -0.4 is 10.5 Å². The molecule has 0 spiro atoms. The summed E-state index contributed by atoms with van der Waals surface area (Å²) in [5.74, 6) is 0.166. The van der Waals surface area contributed by atoms with Crippen LogP contribution >= 0.6 is 23.4 Å². The molecule has 0 saturated carbocycles.